The molecule has 0 unspecified atom stereocenters. The van der Waals surface area contributed by atoms with Crippen molar-refractivity contribution in [1.82, 2.24) is 8.75 Å². The predicted octanol–water partition coefficient (Wildman–Crippen LogP) is 3.00. The Bertz CT molecular complexity index is 1360. The van der Waals surface area contributed by atoms with Crippen molar-refractivity contribution in [1.29, 1.82) is 0 Å². The molecular formula is C20H17N3O6S2. The minimum atomic E-state index is -3.80. The number of carbonyl (C=O) groups is 1. The van der Waals surface area contributed by atoms with E-state index < -0.39 is 21.9 Å². The molecule has 160 valence electrons. The lowest BCUT2D eigenvalue weighted by molar-refractivity contribution is -0.140. The van der Waals surface area contributed by atoms with E-state index in [-0.39, 0.29) is 17.1 Å². The highest BCUT2D eigenvalue weighted by molar-refractivity contribution is 7.89. The molecule has 0 aliphatic carbocycles. The number of phenolic OH excluding ortho intramolecular Hbond substituents is 1. The maximum Gasteiger partial charge on any atom is 0.306 e. The van der Waals surface area contributed by atoms with Gasteiger partial charge in [0, 0.05) is 11.1 Å². The molecule has 1 atom stereocenters. The summed E-state index contributed by atoms with van der Waals surface area (Å²) < 4.78 is 42.2. The Morgan fingerprint density at radius 1 is 1.16 bits per heavy atom. The fourth-order valence-electron chi connectivity index (χ4n) is 3.30. The molecule has 2 aromatic carbocycles. The summed E-state index contributed by atoms with van der Waals surface area (Å²) in [6, 6.07) is 12.4. The van der Waals surface area contributed by atoms with E-state index in [2.05, 4.69) is 8.75 Å². The molecular weight excluding hydrogens is 442 g/mol. The lowest BCUT2D eigenvalue weighted by Crippen LogP contribution is -2.11. The van der Waals surface area contributed by atoms with Gasteiger partial charge < -0.3 is 14.3 Å². The molecule has 0 bridgehead atoms. The highest BCUT2D eigenvalue weighted by atomic mass is 32.2. The van der Waals surface area contributed by atoms with Gasteiger partial charge in [0.25, 0.3) is 0 Å². The quantitative estimate of drug-likeness (QED) is 0.419. The van der Waals surface area contributed by atoms with Crippen molar-refractivity contribution in [3.63, 3.8) is 0 Å². The summed E-state index contributed by atoms with van der Waals surface area (Å²) in [7, 11) is -2.52. The van der Waals surface area contributed by atoms with Gasteiger partial charge in [0.05, 0.1) is 36.1 Å². The van der Waals surface area contributed by atoms with Gasteiger partial charge in [-0.3, -0.25) is 4.79 Å². The number of nitrogens with two attached hydrogens (primary N) is 1. The van der Waals surface area contributed by atoms with Gasteiger partial charge in [0.15, 0.2) is 0 Å². The standard InChI is InChI=1S/C20H17N3O6S2/c1-28-18(25)10-13(19-15(24)7-6-14-20(19)23-30-22-14)17-9-8-16(29-17)11-2-4-12(5-3-11)31(21,26)27/h2-9,13,24H,10H2,1H3,(H2,21,26,27)/t13-/m1/s1. The molecule has 2 aromatic heterocycles. The van der Waals surface area contributed by atoms with Crippen molar-refractivity contribution in [2.45, 2.75) is 17.2 Å². The SMILES string of the molecule is COC(=O)C[C@H](c1ccc(-c2ccc(S(N)(=O)=O)cc2)o1)c1c(O)ccc2nsnc12. The van der Waals surface area contributed by atoms with E-state index in [0.29, 0.717) is 33.7 Å². The van der Waals surface area contributed by atoms with Crippen molar-refractivity contribution >= 4 is 38.8 Å². The molecule has 3 N–H and O–H groups in total. The van der Waals surface area contributed by atoms with Gasteiger partial charge >= 0.3 is 5.97 Å². The Kier molecular flexibility index (Phi) is 5.48. The number of esters is 1. The van der Waals surface area contributed by atoms with E-state index in [4.69, 9.17) is 14.3 Å². The first-order chi connectivity index (χ1) is 14.8. The number of hydrogen-bond donors (Lipinski definition) is 2. The maximum atomic E-state index is 12.1. The van der Waals surface area contributed by atoms with Gasteiger partial charge in [-0.2, -0.15) is 8.75 Å². The average molecular weight is 460 g/mol. The van der Waals surface area contributed by atoms with Gasteiger partial charge in [-0.25, -0.2) is 13.6 Å². The number of carbonyl (C=O) groups excluding carboxylic acids is 1. The summed E-state index contributed by atoms with van der Waals surface area (Å²) in [4.78, 5) is 12.1. The van der Waals surface area contributed by atoms with Crippen LogP contribution in [0.25, 0.3) is 22.4 Å². The summed E-state index contributed by atoms with van der Waals surface area (Å²) >= 11 is 1.00. The number of ether oxygens (including phenoxy) is 1. The minimum Gasteiger partial charge on any atom is -0.508 e. The summed E-state index contributed by atoms with van der Waals surface area (Å²) in [5, 5.41) is 15.7. The molecule has 2 heterocycles. The van der Waals surface area contributed by atoms with Gasteiger partial charge in [0.2, 0.25) is 10.0 Å². The number of aromatic hydroxyl groups is 1. The van der Waals surface area contributed by atoms with E-state index in [1.165, 1.54) is 25.3 Å². The number of sulfonamides is 1. The lowest BCUT2D eigenvalue weighted by atomic mass is 9.91. The van der Waals surface area contributed by atoms with Crippen LogP contribution < -0.4 is 5.14 Å². The van der Waals surface area contributed by atoms with E-state index in [9.17, 15) is 18.3 Å². The second-order valence-electron chi connectivity index (χ2n) is 6.73. The summed E-state index contributed by atoms with van der Waals surface area (Å²) in [5.41, 5.74) is 2.11. The predicted molar refractivity (Wildman–Crippen MR) is 113 cm³/mol. The molecule has 0 radical (unpaired) electrons. The number of fused-ring (bicyclic) bond motifs is 1. The summed E-state index contributed by atoms with van der Waals surface area (Å²) in [6.45, 7) is 0. The van der Waals surface area contributed by atoms with Gasteiger partial charge in [-0.15, -0.1) is 0 Å². The first-order valence-corrected chi connectivity index (χ1v) is 11.3. The van der Waals surface area contributed by atoms with E-state index in [0.717, 1.165) is 11.7 Å². The zero-order valence-electron chi connectivity index (χ0n) is 16.2. The van der Waals surface area contributed by atoms with Crippen LogP contribution in [-0.2, 0) is 19.6 Å². The number of nitrogens with zero attached hydrogens (tertiary/aromatic N) is 2. The normalized spacial score (nSPS) is 12.7. The Labute approximate surface area is 181 Å². The van der Waals surface area contributed by atoms with Gasteiger partial charge in [-0.05, 0) is 48.5 Å². The van der Waals surface area contributed by atoms with Crippen LogP contribution in [0.15, 0.2) is 57.8 Å². The van der Waals surface area contributed by atoms with Crippen LogP contribution >= 0.6 is 11.7 Å². The van der Waals surface area contributed by atoms with Crippen LogP contribution in [0, 0.1) is 0 Å². The highest BCUT2D eigenvalue weighted by Crippen LogP contribution is 2.40. The number of hydrogen-bond acceptors (Lipinski definition) is 9. The number of phenols is 1. The molecule has 0 aliphatic rings. The smallest absolute Gasteiger partial charge is 0.306 e. The molecule has 9 nitrogen and oxygen atoms in total. The van der Waals surface area contributed by atoms with Gasteiger partial charge in [-0.1, -0.05) is 0 Å². The van der Waals surface area contributed by atoms with Crippen LogP contribution in [0.2, 0.25) is 0 Å². The Hall–Kier alpha value is -3.28. The average Bonchev–Trinajstić information content (AvgIpc) is 3.41. The number of rotatable bonds is 6. The third kappa shape index (κ3) is 4.15. The van der Waals surface area contributed by atoms with Crippen molar-refractivity contribution < 1.29 is 27.5 Å². The van der Waals surface area contributed by atoms with Crippen molar-refractivity contribution in [3.05, 3.63) is 59.9 Å². The van der Waals surface area contributed by atoms with Crippen LogP contribution in [0.4, 0.5) is 0 Å². The third-order valence-corrected chi connectivity index (χ3v) is 6.30. The van der Waals surface area contributed by atoms with E-state index in [1.807, 2.05) is 0 Å². The number of primary sulfonamides is 1. The van der Waals surface area contributed by atoms with Crippen molar-refractivity contribution in [3.8, 4) is 17.1 Å². The third-order valence-electron chi connectivity index (χ3n) is 4.83. The second kappa shape index (κ2) is 8.10. The number of methoxy groups -OCH3 is 1. The van der Waals surface area contributed by atoms with E-state index in [1.54, 1.807) is 30.3 Å². The van der Waals surface area contributed by atoms with Crippen LogP contribution in [0.3, 0.4) is 0 Å². The van der Waals surface area contributed by atoms with Crippen LogP contribution in [0.5, 0.6) is 5.75 Å². The Morgan fingerprint density at radius 2 is 1.90 bits per heavy atom. The van der Waals surface area contributed by atoms with E-state index >= 15 is 0 Å². The molecule has 31 heavy (non-hydrogen) atoms. The second-order valence-corrected chi connectivity index (χ2v) is 8.82. The highest BCUT2D eigenvalue weighted by Gasteiger charge is 2.28. The number of benzene rings is 2. The zero-order valence-corrected chi connectivity index (χ0v) is 17.8. The first-order valence-electron chi connectivity index (χ1n) is 9.02. The zero-order chi connectivity index (χ0) is 22.2. The molecule has 11 heteroatoms. The van der Waals surface area contributed by atoms with Crippen molar-refractivity contribution in [2.75, 3.05) is 7.11 Å². The molecule has 0 aliphatic heterocycles. The first kappa shape index (κ1) is 21.0. The maximum absolute atomic E-state index is 12.1. The van der Waals surface area contributed by atoms with Gasteiger partial charge in [0.1, 0.15) is 28.3 Å². The van der Waals surface area contributed by atoms with Crippen LogP contribution in [-0.4, -0.2) is 35.4 Å². The lowest BCUT2D eigenvalue weighted by Gasteiger charge is -2.16. The van der Waals surface area contributed by atoms with Crippen molar-refractivity contribution in [2.24, 2.45) is 5.14 Å². The molecule has 4 rings (SSSR count). The largest absolute Gasteiger partial charge is 0.508 e. The molecule has 0 fully saturated rings. The Balaban J connectivity index is 1.77. The molecule has 4 aromatic rings. The monoisotopic (exact) mass is 459 g/mol. The molecule has 0 saturated carbocycles. The van der Waals surface area contributed by atoms with Crippen LogP contribution in [0.1, 0.15) is 23.7 Å². The number of furan rings is 1. The minimum absolute atomic E-state index is 0.0146. The molecule has 0 amide bonds. The summed E-state index contributed by atoms with van der Waals surface area (Å²) in [6.07, 6.45) is -0.0853. The molecule has 0 spiro atoms. The fourth-order valence-corrected chi connectivity index (χ4v) is 4.37. The summed E-state index contributed by atoms with van der Waals surface area (Å²) in [5.74, 6) is -0.331. The fraction of sp³-hybridized carbons (Fsp3) is 0.150. The Morgan fingerprint density at radius 3 is 2.58 bits per heavy atom. The number of aromatic nitrogens is 2. The molecule has 0 saturated heterocycles. The topological polar surface area (TPSA) is 146 Å².